The van der Waals surface area contributed by atoms with E-state index in [0.717, 1.165) is 16.5 Å². The highest BCUT2D eigenvalue weighted by Crippen LogP contribution is 2.25. The Balaban J connectivity index is 1.71. The Bertz CT molecular complexity index is 931. The monoisotopic (exact) mass is 339 g/mol. The fourth-order valence-electron chi connectivity index (χ4n) is 2.76. The number of benzene rings is 2. The van der Waals surface area contributed by atoms with Crippen molar-refractivity contribution >= 4 is 22.7 Å². The van der Waals surface area contributed by atoms with Crippen LogP contribution in [0.5, 0.6) is 5.75 Å². The van der Waals surface area contributed by atoms with Gasteiger partial charge in [-0.25, -0.2) is 4.79 Å². The van der Waals surface area contributed by atoms with Gasteiger partial charge >= 0.3 is 6.09 Å². The van der Waals surface area contributed by atoms with Crippen LogP contribution in [0, 0.1) is 10.1 Å². The predicted molar refractivity (Wildman–Crippen MR) is 93.6 cm³/mol. The Hall–Kier alpha value is -3.35. The van der Waals surface area contributed by atoms with Gasteiger partial charge in [0.15, 0.2) is 0 Å². The minimum atomic E-state index is -0.618. The van der Waals surface area contributed by atoms with Gasteiger partial charge in [0.2, 0.25) is 0 Å². The highest BCUT2D eigenvalue weighted by atomic mass is 16.6. The summed E-state index contributed by atoms with van der Waals surface area (Å²) in [5.74, 6) is 0.243. The minimum absolute atomic E-state index is 0.0588. The van der Waals surface area contributed by atoms with E-state index in [2.05, 4.69) is 5.32 Å². The zero-order valence-corrected chi connectivity index (χ0v) is 13.8. The van der Waals surface area contributed by atoms with Gasteiger partial charge in [-0.15, -0.1) is 0 Å². The summed E-state index contributed by atoms with van der Waals surface area (Å²) in [4.78, 5) is 22.2. The number of nitrogens with one attached hydrogen (secondary N) is 1. The maximum Gasteiger partial charge on any atom is 0.413 e. The molecule has 0 unspecified atom stereocenters. The summed E-state index contributed by atoms with van der Waals surface area (Å²) in [6.07, 6.45) is 1.35. The number of nitrogens with zero attached hydrogens (tertiary/aromatic N) is 2. The largest absolute Gasteiger partial charge is 0.413 e. The van der Waals surface area contributed by atoms with Crippen molar-refractivity contribution in [2.45, 2.75) is 13.0 Å². The molecular weight excluding hydrogens is 322 g/mol. The van der Waals surface area contributed by atoms with Crippen molar-refractivity contribution in [1.82, 2.24) is 9.88 Å². The van der Waals surface area contributed by atoms with Crippen LogP contribution in [0.3, 0.4) is 0 Å². The van der Waals surface area contributed by atoms with Crippen molar-refractivity contribution in [3.05, 3.63) is 70.4 Å². The van der Waals surface area contributed by atoms with Crippen LogP contribution in [-0.4, -0.2) is 15.6 Å². The number of para-hydroxylation sites is 1. The molecule has 25 heavy (non-hydrogen) atoms. The van der Waals surface area contributed by atoms with Crippen LogP contribution in [0.1, 0.15) is 18.5 Å². The molecule has 0 saturated carbocycles. The first-order valence-electron chi connectivity index (χ1n) is 7.72. The maximum atomic E-state index is 12.1. The van der Waals surface area contributed by atoms with Gasteiger partial charge in [0.1, 0.15) is 5.75 Å². The van der Waals surface area contributed by atoms with Gasteiger partial charge in [-0.3, -0.25) is 10.1 Å². The summed E-state index contributed by atoms with van der Waals surface area (Å²) >= 11 is 0. The molecule has 0 saturated heterocycles. The molecule has 1 heterocycles. The number of amides is 1. The number of non-ortho nitro benzene ring substituents is 1. The van der Waals surface area contributed by atoms with E-state index < -0.39 is 11.0 Å². The van der Waals surface area contributed by atoms with Crippen LogP contribution in [0.25, 0.3) is 10.9 Å². The summed E-state index contributed by atoms with van der Waals surface area (Å²) in [5.41, 5.74) is 1.97. The summed E-state index contributed by atoms with van der Waals surface area (Å²) < 4.78 is 7.19. The van der Waals surface area contributed by atoms with E-state index in [9.17, 15) is 14.9 Å². The van der Waals surface area contributed by atoms with Gasteiger partial charge in [0, 0.05) is 25.4 Å². The maximum absolute atomic E-state index is 12.1. The van der Waals surface area contributed by atoms with Gasteiger partial charge in [-0.05, 0) is 36.1 Å². The number of ether oxygens (including phenoxy) is 1. The van der Waals surface area contributed by atoms with Crippen LogP contribution >= 0.6 is 0 Å². The average Bonchev–Trinajstić information content (AvgIpc) is 2.96. The Morgan fingerprint density at radius 3 is 2.60 bits per heavy atom. The lowest BCUT2D eigenvalue weighted by atomic mass is 10.1. The molecule has 128 valence electrons. The summed E-state index contributed by atoms with van der Waals surface area (Å²) in [6, 6.07) is 13.0. The molecule has 0 aliphatic rings. The van der Waals surface area contributed by atoms with Gasteiger partial charge in [-0.2, -0.15) is 0 Å². The topological polar surface area (TPSA) is 86.4 Å². The summed E-state index contributed by atoms with van der Waals surface area (Å²) in [6.45, 7) is 1.87. The van der Waals surface area contributed by atoms with E-state index in [4.69, 9.17) is 4.74 Å². The second kappa shape index (κ2) is 6.64. The third-order valence-corrected chi connectivity index (χ3v) is 3.99. The fraction of sp³-hybridized carbons (Fsp3) is 0.167. The van der Waals surface area contributed by atoms with Crippen molar-refractivity contribution in [2.24, 2.45) is 7.05 Å². The van der Waals surface area contributed by atoms with E-state index >= 15 is 0 Å². The molecule has 0 aliphatic carbocycles. The SMILES string of the molecule is C[C@@H](NC(=O)Oc1ccc([N+](=O)[O-])cc1)c1cccc2ccn(C)c12. The van der Waals surface area contributed by atoms with E-state index in [1.165, 1.54) is 24.3 Å². The lowest BCUT2D eigenvalue weighted by molar-refractivity contribution is -0.384. The van der Waals surface area contributed by atoms with Crippen LogP contribution in [0.4, 0.5) is 10.5 Å². The first-order chi connectivity index (χ1) is 12.0. The molecule has 3 aromatic rings. The van der Waals surface area contributed by atoms with Crippen molar-refractivity contribution in [3.63, 3.8) is 0 Å². The van der Waals surface area contributed by atoms with Gasteiger partial charge in [0.05, 0.1) is 16.5 Å². The number of nitro groups is 1. The Labute approximate surface area is 144 Å². The second-order valence-corrected chi connectivity index (χ2v) is 5.72. The number of carbonyl (C=O) groups excluding carboxylic acids is 1. The van der Waals surface area contributed by atoms with Gasteiger partial charge < -0.3 is 14.6 Å². The zero-order valence-electron chi connectivity index (χ0n) is 13.8. The quantitative estimate of drug-likeness (QED) is 0.576. The van der Waals surface area contributed by atoms with Crippen molar-refractivity contribution in [1.29, 1.82) is 0 Å². The van der Waals surface area contributed by atoms with Crippen molar-refractivity contribution in [3.8, 4) is 5.75 Å². The molecule has 3 rings (SSSR count). The molecule has 1 atom stereocenters. The molecule has 0 fully saturated rings. The molecule has 1 aromatic heterocycles. The molecule has 1 N–H and O–H groups in total. The van der Waals surface area contributed by atoms with E-state index in [0.29, 0.717) is 0 Å². The second-order valence-electron chi connectivity index (χ2n) is 5.72. The van der Waals surface area contributed by atoms with Crippen LogP contribution in [0.2, 0.25) is 0 Å². The molecule has 0 spiro atoms. The number of aromatic nitrogens is 1. The van der Waals surface area contributed by atoms with E-state index in [-0.39, 0.29) is 17.5 Å². The number of nitro benzene ring substituents is 1. The molecule has 1 amide bonds. The normalized spacial score (nSPS) is 11.9. The summed E-state index contributed by atoms with van der Waals surface area (Å²) in [7, 11) is 1.95. The smallest absolute Gasteiger partial charge is 0.410 e. The summed E-state index contributed by atoms with van der Waals surface area (Å²) in [5, 5.41) is 14.5. The molecular formula is C18H17N3O4. The molecule has 0 bridgehead atoms. The van der Waals surface area contributed by atoms with Crippen LogP contribution in [0.15, 0.2) is 54.7 Å². The molecule has 2 aromatic carbocycles. The number of hydrogen-bond acceptors (Lipinski definition) is 4. The zero-order chi connectivity index (χ0) is 18.0. The standard InChI is InChI=1S/C18H17N3O4/c1-12(16-5-3-4-13-10-11-20(2)17(13)16)19-18(22)25-15-8-6-14(7-9-15)21(23)24/h3-12H,1-2H3,(H,19,22)/t12-/m1/s1. The van der Waals surface area contributed by atoms with Crippen molar-refractivity contribution in [2.75, 3.05) is 0 Å². The Morgan fingerprint density at radius 1 is 1.20 bits per heavy atom. The van der Waals surface area contributed by atoms with Crippen LogP contribution < -0.4 is 10.1 Å². The van der Waals surface area contributed by atoms with E-state index in [1.807, 2.05) is 49.0 Å². The van der Waals surface area contributed by atoms with E-state index in [1.54, 1.807) is 0 Å². The minimum Gasteiger partial charge on any atom is -0.410 e. The third-order valence-electron chi connectivity index (χ3n) is 3.99. The Morgan fingerprint density at radius 2 is 1.92 bits per heavy atom. The lowest BCUT2D eigenvalue weighted by Crippen LogP contribution is -2.29. The fourth-order valence-corrected chi connectivity index (χ4v) is 2.76. The molecule has 0 radical (unpaired) electrons. The number of rotatable bonds is 4. The van der Waals surface area contributed by atoms with Gasteiger partial charge in [-0.1, -0.05) is 18.2 Å². The molecule has 7 heteroatoms. The third kappa shape index (κ3) is 3.45. The highest BCUT2D eigenvalue weighted by Gasteiger charge is 2.15. The predicted octanol–water partition coefficient (Wildman–Crippen LogP) is 3.94. The highest BCUT2D eigenvalue weighted by molar-refractivity contribution is 5.84. The van der Waals surface area contributed by atoms with Crippen LogP contribution in [-0.2, 0) is 7.05 Å². The average molecular weight is 339 g/mol. The number of hydrogen-bond donors (Lipinski definition) is 1. The molecule has 7 nitrogen and oxygen atoms in total. The van der Waals surface area contributed by atoms with Crippen molar-refractivity contribution < 1.29 is 14.5 Å². The molecule has 0 aliphatic heterocycles. The Kier molecular flexibility index (Phi) is 4.38. The number of fused-ring (bicyclic) bond motifs is 1. The number of carbonyl (C=O) groups is 1. The first-order valence-corrected chi connectivity index (χ1v) is 7.72. The first kappa shape index (κ1) is 16.5. The lowest BCUT2D eigenvalue weighted by Gasteiger charge is -2.16. The van der Waals surface area contributed by atoms with Gasteiger partial charge in [0.25, 0.3) is 5.69 Å². The number of aryl methyl sites for hydroxylation is 1.